The fourth-order valence-electron chi connectivity index (χ4n) is 7.83. The van der Waals surface area contributed by atoms with Crippen molar-refractivity contribution in [1.29, 1.82) is 0 Å². The van der Waals surface area contributed by atoms with Gasteiger partial charge in [-0.15, -0.1) is 0 Å². The van der Waals surface area contributed by atoms with Gasteiger partial charge in [-0.25, -0.2) is 0 Å². The quantitative estimate of drug-likeness (QED) is 0.577. The van der Waals surface area contributed by atoms with Crippen LogP contribution in [0.2, 0.25) is 0 Å². The first kappa shape index (κ1) is 18.4. The maximum Gasteiger partial charge on any atom is 0.161 e. The predicted molar refractivity (Wildman–Crippen MR) is 103 cm³/mol. The van der Waals surface area contributed by atoms with Gasteiger partial charge in [-0.3, -0.25) is 4.79 Å². The summed E-state index contributed by atoms with van der Waals surface area (Å²) in [5, 5.41) is 9.28. The Morgan fingerprint density at radius 1 is 1.17 bits per heavy atom. The molecule has 6 nitrogen and oxygen atoms in total. The van der Waals surface area contributed by atoms with Gasteiger partial charge in [0.25, 0.3) is 0 Å². The fraction of sp³-hybridized carbons (Fsp3) is 0.783. The lowest BCUT2D eigenvalue weighted by molar-refractivity contribution is -0.254. The Bertz CT molecular complexity index is 861. The molecule has 6 heteroatoms. The molecule has 3 aliphatic carbocycles. The van der Waals surface area contributed by atoms with Crippen LogP contribution in [0.25, 0.3) is 0 Å². The molecule has 6 rings (SSSR count). The Morgan fingerprint density at radius 2 is 1.97 bits per heavy atom. The highest BCUT2D eigenvalue weighted by Gasteiger charge is 2.94. The smallest absolute Gasteiger partial charge is 0.161 e. The summed E-state index contributed by atoms with van der Waals surface area (Å²) in [6.07, 6.45) is 5.10. The maximum absolute atomic E-state index is 12.4. The standard InChI is InChI=1S/C23H30O6/c1-12(2)22-17(28-22)18-23(29-18)20(3)8-7-14-13(5-6-16(14)25)15(20)11-27-21(23,4)19(22)26-10-9-24/h9-10,12,15,17-19,24H,5-8,11H2,1-4H3. The van der Waals surface area contributed by atoms with Crippen LogP contribution in [0, 0.1) is 17.3 Å². The van der Waals surface area contributed by atoms with Gasteiger partial charge in [-0.05, 0) is 37.7 Å². The van der Waals surface area contributed by atoms with E-state index in [1.165, 1.54) is 11.8 Å². The van der Waals surface area contributed by atoms with Gasteiger partial charge in [0, 0.05) is 17.8 Å². The molecule has 0 amide bonds. The Labute approximate surface area is 171 Å². The van der Waals surface area contributed by atoms with E-state index in [0.717, 1.165) is 31.1 Å². The molecular weight excluding hydrogens is 372 g/mol. The molecule has 8 unspecified atom stereocenters. The highest BCUT2D eigenvalue weighted by Crippen LogP contribution is 2.77. The summed E-state index contributed by atoms with van der Waals surface area (Å²) in [4.78, 5) is 12.4. The SMILES string of the molecule is CC(C)C12OC1C1OC13C1(C)CCC4=C(CCC4=O)C1COC3(C)C2OC=CO. The van der Waals surface area contributed by atoms with Crippen molar-refractivity contribution >= 4 is 5.78 Å². The Hall–Kier alpha value is -1.37. The van der Waals surface area contributed by atoms with Gasteiger partial charge in [0.05, 0.1) is 6.61 Å². The molecule has 4 fully saturated rings. The average Bonchev–Trinajstić information content (AvgIpc) is 3.55. The summed E-state index contributed by atoms with van der Waals surface area (Å²) < 4.78 is 25.8. The number of carbonyl (C=O) groups excluding carboxylic acids is 1. The van der Waals surface area contributed by atoms with E-state index in [2.05, 4.69) is 27.7 Å². The van der Waals surface area contributed by atoms with Crippen LogP contribution in [0.15, 0.2) is 23.7 Å². The number of rotatable bonds is 3. The van der Waals surface area contributed by atoms with E-state index < -0.39 is 16.8 Å². The molecule has 8 atom stereocenters. The van der Waals surface area contributed by atoms with Gasteiger partial charge in [0.1, 0.15) is 41.5 Å². The molecule has 1 spiro atoms. The lowest BCUT2D eigenvalue weighted by Crippen LogP contribution is -2.74. The normalized spacial score (nSPS) is 54.6. The van der Waals surface area contributed by atoms with Crippen LogP contribution < -0.4 is 0 Å². The minimum Gasteiger partial charge on any atom is -0.512 e. The lowest BCUT2D eigenvalue weighted by Gasteiger charge is -2.60. The summed E-state index contributed by atoms with van der Waals surface area (Å²) in [6, 6.07) is 0. The summed E-state index contributed by atoms with van der Waals surface area (Å²) in [5.74, 6) is 0.754. The molecule has 1 N–H and O–H groups in total. The largest absolute Gasteiger partial charge is 0.512 e. The molecule has 0 radical (unpaired) electrons. The number of aliphatic hydroxyl groups is 1. The molecule has 0 bridgehead atoms. The highest BCUT2D eigenvalue weighted by molar-refractivity contribution is 5.99. The zero-order valence-corrected chi connectivity index (χ0v) is 17.6. The van der Waals surface area contributed by atoms with Crippen molar-refractivity contribution in [2.45, 2.75) is 88.5 Å². The van der Waals surface area contributed by atoms with Crippen LogP contribution in [0.4, 0.5) is 0 Å². The summed E-state index contributed by atoms with van der Waals surface area (Å²) in [7, 11) is 0. The molecule has 6 aliphatic rings. The third-order valence-electron chi connectivity index (χ3n) is 9.30. The van der Waals surface area contributed by atoms with Crippen LogP contribution in [0.5, 0.6) is 0 Å². The number of epoxide rings is 2. The van der Waals surface area contributed by atoms with E-state index in [-0.39, 0.29) is 35.6 Å². The number of carbonyl (C=O) groups is 1. The van der Waals surface area contributed by atoms with E-state index in [9.17, 15) is 9.90 Å². The molecule has 0 aromatic carbocycles. The van der Waals surface area contributed by atoms with Crippen molar-refractivity contribution in [3.63, 3.8) is 0 Å². The van der Waals surface area contributed by atoms with Crippen molar-refractivity contribution in [3.8, 4) is 0 Å². The summed E-state index contributed by atoms with van der Waals surface area (Å²) in [6.45, 7) is 9.29. The number of hydrogen-bond acceptors (Lipinski definition) is 6. The zero-order valence-electron chi connectivity index (χ0n) is 17.6. The second-order valence-electron chi connectivity index (χ2n) is 10.4. The average molecular weight is 402 g/mol. The molecule has 0 aromatic heterocycles. The first-order valence-electron chi connectivity index (χ1n) is 11.0. The van der Waals surface area contributed by atoms with E-state index in [1.54, 1.807) is 0 Å². The third-order valence-corrected chi connectivity index (χ3v) is 9.30. The van der Waals surface area contributed by atoms with Gasteiger partial charge in [0.2, 0.25) is 0 Å². The molecule has 29 heavy (non-hydrogen) atoms. The second kappa shape index (κ2) is 5.27. The van der Waals surface area contributed by atoms with Gasteiger partial charge in [-0.2, -0.15) is 0 Å². The predicted octanol–water partition coefficient (Wildman–Crippen LogP) is 3.21. The summed E-state index contributed by atoms with van der Waals surface area (Å²) >= 11 is 0. The summed E-state index contributed by atoms with van der Waals surface area (Å²) in [5.41, 5.74) is 0.568. The first-order chi connectivity index (χ1) is 13.8. The van der Waals surface area contributed by atoms with Gasteiger partial charge in [-0.1, -0.05) is 26.3 Å². The molecule has 1 saturated carbocycles. The van der Waals surface area contributed by atoms with Crippen LogP contribution in [0.1, 0.15) is 53.4 Å². The number of ether oxygens (including phenoxy) is 4. The Balaban J connectivity index is 1.47. The lowest BCUT2D eigenvalue weighted by atomic mass is 9.49. The van der Waals surface area contributed by atoms with Crippen LogP contribution >= 0.6 is 0 Å². The zero-order chi connectivity index (χ0) is 20.4. The van der Waals surface area contributed by atoms with Crippen molar-refractivity contribution in [3.05, 3.63) is 23.7 Å². The second-order valence-corrected chi connectivity index (χ2v) is 10.4. The minimum absolute atomic E-state index is 0.0140. The monoisotopic (exact) mass is 402 g/mol. The molecule has 0 aromatic rings. The number of hydrogen-bond donors (Lipinski definition) is 1. The van der Waals surface area contributed by atoms with E-state index >= 15 is 0 Å². The van der Waals surface area contributed by atoms with Gasteiger partial charge >= 0.3 is 0 Å². The number of Topliss-reactive ketones (excluding diaryl/α,β-unsaturated/α-hetero) is 1. The third kappa shape index (κ3) is 1.77. The van der Waals surface area contributed by atoms with Crippen LogP contribution in [-0.4, -0.2) is 52.6 Å². The minimum atomic E-state index is -0.694. The van der Waals surface area contributed by atoms with Crippen molar-refractivity contribution in [1.82, 2.24) is 0 Å². The topological polar surface area (TPSA) is 80.8 Å². The van der Waals surface area contributed by atoms with Crippen LogP contribution in [0.3, 0.4) is 0 Å². The molecule has 3 heterocycles. The Morgan fingerprint density at radius 3 is 2.69 bits per heavy atom. The number of aliphatic hydroxyl groups excluding tert-OH is 1. The molecular formula is C23H30O6. The molecule has 3 aliphatic heterocycles. The Kier molecular flexibility index (Phi) is 3.34. The van der Waals surface area contributed by atoms with E-state index in [1.807, 2.05) is 0 Å². The highest BCUT2D eigenvalue weighted by atomic mass is 16.7. The van der Waals surface area contributed by atoms with Gasteiger partial charge in [0.15, 0.2) is 11.9 Å². The van der Waals surface area contributed by atoms with Gasteiger partial charge < -0.3 is 24.1 Å². The number of ketones is 1. The van der Waals surface area contributed by atoms with E-state index in [4.69, 9.17) is 18.9 Å². The first-order valence-corrected chi connectivity index (χ1v) is 11.0. The van der Waals surface area contributed by atoms with Crippen molar-refractivity contribution in [2.24, 2.45) is 17.3 Å². The number of allylic oxidation sites excluding steroid dienone is 1. The van der Waals surface area contributed by atoms with E-state index in [0.29, 0.717) is 18.8 Å². The van der Waals surface area contributed by atoms with Crippen molar-refractivity contribution < 1.29 is 28.8 Å². The van der Waals surface area contributed by atoms with Crippen LogP contribution in [-0.2, 0) is 23.7 Å². The molecule has 3 saturated heterocycles. The van der Waals surface area contributed by atoms with Crippen molar-refractivity contribution in [2.75, 3.05) is 6.61 Å². The molecule has 158 valence electrons. The fourth-order valence-corrected chi connectivity index (χ4v) is 7.83. The maximum atomic E-state index is 12.4. The number of fused-ring (bicyclic) bond motifs is 4.